The Kier molecular flexibility index (Phi) is 4.36. The highest BCUT2D eigenvalue weighted by atomic mass is 16.3. The maximum atomic E-state index is 9.49. The highest BCUT2D eigenvalue weighted by Gasteiger charge is 2.24. The van der Waals surface area contributed by atoms with Gasteiger partial charge >= 0.3 is 0 Å². The molecule has 2 N–H and O–H groups in total. The molecule has 21 heavy (non-hydrogen) atoms. The second-order valence-electron chi connectivity index (χ2n) is 5.67. The average Bonchev–Trinajstić information content (AvgIpc) is 3.06. The largest absolute Gasteiger partial charge is 0.395 e. The van der Waals surface area contributed by atoms with Crippen LogP contribution >= 0.6 is 0 Å². The van der Waals surface area contributed by atoms with E-state index in [9.17, 15) is 10.2 Å². The van der Waals surface area contributed by atoms with Gasteiger partial charge in [-0.1, -0.05) is 37.1 Å². The van der Waals surface area contributed by atoms with Gasteiger partial charge in [0.1, 0.15) is 5.82 Å². The molecule has 2 aromatic rings. The number of anilines is 1. The van der Waals surface area contributed by atoms with E-state index in [1.807, 2.05) is 18.2 Å². The Hall–Kier alpha value is -1.65. The number of aliphatic hydroxyl groups is 2. The molecule has 1 aromatic heterocycles. The third-order valence-electron chi connectivity index (χ3n) is 4.41. The van der Waals surface area contributed by atoms with Crippen LogP contribution in [0, 0.1) is 0 Å². The van der Waals surface area contributed by atoms with Crippen molar-refractivity contribution in [2.24, 2.45) is 0 Å². The quantitative estimate of drug-likeness (QED) is 0.886. The minimum Gasteiger partial charge on any atom is -0.395 e. The van der Waals surface area contributed by atoms with Gasteiger partial charge in [0.05, 0.1) is 13.2 Å². The summed E-state index contributed by atoms with van der Waals surface area (Å²) in [5.74, 6) is 0.934. The zero-order valence-corrected chi connectivity index (χ0v) is 12.2. The van der Waals surface area contributed by atoms with E-state index in [4.69, 9.17) is 0 Å². The number of aromatic nitrogens is 1. The predicted octanol–water partition coefficient (Wildman–Crippen LogP) is 2.47. The number of pyridine rings is 1. The van der Waals surface area contributed by atoms with Crippen molar-refractivity contribution in [3.63, 3.8) is 0 Å². The smallest absolute Gasteiger partial charge is 0.136 e. The summed E-state index contributed by atoms with van der Waals surface area (Å²) in [7, 11) is 0. The maximum Gasteiger partial charge on any atom is 0.136 e. The van der Waals surface area contributed by atoms with Crippen molar-refractivity contribution in [1.82, 2.24) is 4.98 Å². The number of hydrogen-bond acceptors (Lipinski definition) is 4. The van der Waals surface area contributed by atoms with E-state index in [2.05, 4.69) is 16.0 Å². The van der Waals surface area contributed by atoms with E-state index >= 15 is 0 Å². The molecule has 0 amide bonds. The van der Waals surface area contributed by atoms with Crippen LogP contribution in [0.3, 0.4) is 0 Å². The second kappa shape index (κ2) is 6.41. The first-order chi connectivity index (χ1) is 10.3. The van der Waals surface area contributed by atoms with E-state index in [0.29, 0.717) is 12.6 Å². The Balaban J connectivity index is 2.08. The van der Waals surface area contributed by atoms with Gasteiger partial charge < -0.3 is 15.1 Å². The zero-order valence-electron chi connectivity index (χ0n) is 12.2. The Labute approximate surface area is 125 Å². The summed E-state index contributed by atoms with van der Waals surface area (Å²) < 4.78 is 0. The first kappa shape index (κ1) is 14.3. The molecule has 1 fully saturated rings. The average molecular weight is 286 g/mol. The molecule has 0 spiro atoms. The molecule has 3 rings (SSSR count). The van der Waals surface area contributed by atoms with Gasteiger partial charge in [-0.3, -0.25) is 0 Å². The van der Waals surface area contributed by atoms with Crippen molar-refractivity contribution in [2.45, 2.75) is 38.3 Å². The zero-order chi connectivity index (χ0) is 14.7. The monoisotopic (exact) mass is 286 g/mol. The van der Waals surface area contributed by atoms with E-state index in [1.54, 1.807) is 6.20 Å². The van der Waals surface area contributed by atoms with E-state index < -0.39 is 0 Å². The van der Waals surface area contributed by atoms with Crippen molar-refractivity contribution in [3.05, 3.63) is 36.0 Å². The van der Waals surface area contributed by atoms with E-state index in [1.165, 1.54) is 12.8 Å². The molecular weight excluding hydrogens is 264 g/mol. The van der Waals surface area contributed by atoms with Crippen molar-refractivity contribution in [1.29, 1.82) is 0 Å². The molecule has 1 heterocycles. The third kappa shape index (κ3) is 2.74. The summed E-state index contributed by atoms with van der Waals surface area (Å²) in [4.78, 5) is 6.84. The summed E-state index contributed by atoms with van der Waals surface area (Å²) in [6.07, 6.45) is 6.59. The Morgan fingerprint density at radius 3 is 2.48 bits per heavy atom. The van der Waals surface area contributed by atoms with Crippen molar-refractivity contribution in [2.75, 3.05) is 18.1 Å². The van der Waals surface area contributed by atoms with Gasteiger partial charge in [0.25, 0.3) is 0 Å². The lowest BCUT2D eigenvalue weighted by Gasteiger charge is -2.30. The molecule has 112 valence electrons. The fourth-order valence-electron chi connectivity index (χ4n) is 3.38. The van der Waals surface area contributed by atoms with Crippen LogP contribution in [0.1, 0.15) is 31.2 Å². The Morgan fingerprint density at radius 2 is 1.81 bits per heavy atom. The van der Waals surface area contributed by atoms with E-state index in [-0.39, 0.29) is 13.2 Å². The summed E-state index contributed by atoms with van der Waals surface area (Å²) in [5.41, 5.74) is 0.852. The van der Waals surface area contributed by atoms with Crippen LogP contribution in [0.15, 0.2) is 30.5 Å². The lowest BCUT2D eigenvalue weighted by atomic mass is 10.1. The van der Waals surface area contributed by atoms with Crippen LogP contribution in [-0.2, 0) is 6.61 Å². The first-order valence-corrected chi connectivity index (χ1v) is 7.70. The van der Waals surface area contributed by atoms with Crippen molar-refractivity contribution in [3.8, 4) is 0 Å². The minimum absolute atomic E-state index is 0.00276. The number of benzene rings is 1. The van der Waals surface area contributed by atoms with Crippen LogP contribution < -0.4 is 4.90 Å². The molecule has 0 unspecified atom stereocenters. The molecule has 0 saturated heterocycles. The maximum absolute atomic E-state index is 9.49. The fourth-order valence-corrected chi connectivity index (χ4v) is 3.38. The van der Waals surface area contributed by atoms with Crippen molar-refractivity contribution < 1.29 is 10.2 Å². The fraction of sp³-hybridized carbons (Fsp3) is 0.471. The van der Waals surface area contributed by atoms with Crippen LogP contribution in [-0.4, -0.2) is 34.4 Å². The molecular formula is C17H22N2O2. The number of aliphatic hydroxyl groups excluding tert-OH is 2. The Morgan fingerprint density at radius 1 is 1.10 bits per heavy atom. The second-order valence-corrected chi connectivity index (χ2v) is 5.67. The normalized spacial score (nSPS) is 15.7. The van der Waals surface area contributed by atoms with Crippen LogP contribution in [0.4, 0.5) is 5.82 Å². The van der Waals surface area contributed by atoms with Gasteiger partial charge in [-0.05, 0) is 18.2 Å². The molecule has 0 aliphatic heterocycles. The first-order valence-electron chi connectivity index (χ1n) is 7.70. The summed E-state index contributed by atoms with van der Waals surface area (Å²) in [6.45, 7) is 0.742. The van der Waals surface area contributed by atoms with E-state index in [0.717, 1.165) is 35.0 Å². The van der Waals surface area contributed by atoms with Gasteiger partial charge in [-0.25, -0.2) is 4.98 Å². The lowest BCUT2D eigenvalue weighted by molar-refractivity contribution is 0.283. The number of rotatable bonds is 5. The molecule has 4 nitrogen and oxygen atoms in total. The standard InChI is InChI=1S/C17H22N2O2/c20-10-9-19(14-5-1-2-6-14)17-16-8-4-3-7-15(16)13(12-21)11-18-17/h3-4,7-8,11,14,20-21H,1-2,5-6,9-10,12H2. The highest BCUT2D eigenvalue weighted by molar-refractivity contribution is 5.94. The number of hydrogen-bond donors (Lipinski definition) is 2. The van der Waals surface area contributed by atoms with Gasteiger partial charge in [-0.15, -0.1) is 0 Å². The molecule has 4 heteroatoms. The highest BCUT2D eigenvalue weighted by Crippen LogP contribution is 2.32. The SMILES string of the molecule is OCCN(c1ncc(CO)c2ccccc12)C1CCCC1. The number of fused-ring (bicyclic) bond motifs is 1. The van der Waals surface area contributed by atoms with Crippen molar-refractivity contribution >= 4 is 16.6 Å². The van der Waals surface area contributed by atoms with Gasteiger partial charge in [0.15, 0.2) is 0 Å². The molecule has 1 saturated carbocycles. The van der Waals surface area contributed by atoms with Gasteiger partial charge in [-0.2, -0.15) is 0 Å². The van der Waals surface area contributed by atoms with Gasteiger partial charge in [0.2, 0.25) is 0 Å². The lowest BCUT2D eigenvalue weighted by Crippen LogP contribution is -2.36. The topological polar surface area (TPSA) is 56.6 Å². The number of nitrogens with zero attached hydrogens (tertiary/aromatic N) is 2. The van der Waals surface area contributed by atoms with Crippen LogP contribution in [0.25, 0.3) is 10.8 Å². The minimum atomic E-state index is -0.00276. The third-order valence-corrected chi connectivity index (χ3v) is 4.41. The molecule has 1 aliphatic carbocycles. The summed E-state index contributed by atoms with van der Waals surface area (Å²) >= 11 is 0. The summed E-state index contributed by atoms with van der Waals surface area (Å²) in [6, 6.07) is 8.53. The summed E-state index contributed by atoms with van der Waals surface area (Å²) in [5, 5.41) is 21.0. The predicted molar refractivity (Wildman–Crippen MR) is 84.4 cm³/mol. The van der Waals surface area contributed by atoms with Gasteiger partial charge in [0, 0.05) is 29.7 Å². The molecule has 0 radical (unpaired) electrons. The molecule has 1 aliphatic rings. The molecule has 0 bridgehead atoms. The molecule has 0 atom stereocenters. The van der Waals surface area contributed by atoms with Crippen LogP contribution in [0.2, 0.25) is 0 Å². The van der Waals surface area contributed by atoms with Crippen LogP contribution in [0.5, 0.6) is 0 Å². The molecule has 1 aromatic carbocycles. The Bertz CT molecular complexity index is 609.